The zero-order valence-electron chi connectivity index (χ0n) is 18.1. The summed E-state index contributed by atoms with van der Waals surface area (Å²) in [5.41, 5.74) is 4.50. The van der Waals surface area contributed by atoms with Gasteiger partial charge in [0.2, 0.25) is 0 Å². The number of amides is 1. The van der Waals surface area contributed by atoms with Crippen LogP contribution >= 0.6 is 11.6 Å². The lowest BCUT2D eigenvalue weighted by Crippen LogP contribution is -2.12. The normalized spacial score (nSPS) is 10.6. The maximum Gasteiger partial charge on any atom is 0.358 e. The van der Waals surface area contributed by atoms with Gasteiger partial charge in [-0.3, -0.25) is 4.79 Å². The third-order valence-electron chi connectivity index (χ3n) is 4.85. The topological polar surface area (TPSA) is 86.1 Å². The SMILES string of the molecule is CCOC(=O)c1cc(-c2cccc(NC(=O)c3ccc(Cl)nc3)c2)n(-c2cccc(C)c2)n1. The highest BCUT2D eigenvalue weighted by molar-refractivity contribution is 6.29. The lowest BCUT2D eigenvalue weighted by molar-refractivity contribution is 0.0519. The molecule has 8 heteroatoms. The smallest absolute Gasteiger partial charge is 0.358 e. The standard InChI is InChI=1S/C25H21ClN4O3/c1-3-33-25(32)21-14-22(30(29-21)20-9-4-6-16(2)12-20)17-7-5-8-19(13-17)28-24(31)18-10-11-23(26)27-15-18/h4-15H,3H2,1-2H3,(H,28,31). The number of hydrogen-bond donors (Lipinski definition) is 1. The molecule has 33 heavy (non-hydrogen) atoms. The number of aryl methyl sites for hydroxylation is 1. The highest BCUT2D eigenvalue weighted by Crippen LogP contribution is 2.27. The number of rotatable bonds is 6. The molecule has 0 aliphatic carbocycles. The Morgan fingerprint density at radius 3 is 2.61 bits per heavy atom. The van der Waals surface area contributed by atoms with Gasteiger partial charge in [-0.05, 0) is 61.9 Å². The van der Waals surface area contributed by atoms with E-state index in [1.807, 2.05) is 49.4 Å². The molecule has 0 saturated heterocycles. The third kappa shape index (κ3) is 5.10. The summed E-state index contributed by atoms with van der Waals surface area (Å²) in [7, 11) is 0. The van der Waals surface area contributed by atoms with Crippen molar-refractivity contribution in [2.75, 3.05) is 11.9 Å². The van der Waals surface area contributed by atoms with E-state index in [0.29, 0.717) is 22.1 Å². The summed E-state index contributed by atoms with van der Waals surface area (Å²) in [6.45, 7) is 3.99. The van der Waals surface area contributed by atoms with E-state index in [1.54, 1.807) is 35.9 Å². The molecular weight excluding hydrogens is 440 g/mol. The molecule has 0 bridgehead atoms. The fourth-order valence-corrected chi connectivity index (χ4v) is 3.43. The van der Waals surface area contributed by atoms with E-state index < -0.39 is 5.97 Å². The zero-order chi connectivity index (χ0) is 23.4. The summed E-state index contributed by atoms with van der Waals surface area (Å²) < 4.78 is 6.84. The Kier molecular flexibility index (Phi) is 6.51. The monoisotopic (exact) mass is 460 g/mol. The number of halogens is 1. The summed E-state index contributed by atoms with van der Waals surface area (Å²) in [4.78, 5) is 28.9. The summed E-state index contributed by atoms with van der Waals surface area (Å²) in [5, 5.41) is 7.67. The molecule has 0 spiro atoms. The van der Waals surface area contributed by atoms with Crippen molar-refractivity contribution < 1.29 is 14.3 Å². The molecule has 0 fully saturated rings. The van der Waals surface area contributed by atoms with E-state index in [9.17, 15) is 9.59 Å². The molecule has 1 N–H and O–H groups in total. The maximum atomic E-state index is 12.6. The molecular formula is C25H21ClN4O3. The average Bonchev–Trinajstić information content (AvgIpc) is 3.26. The maximum absolute atomic E-state index is 12.6. The van der Waals surface area contributed by atoms with Crippen LogP contribution < -0.4 is 5.32 Å². The number of nitrogens with zero attached hydrogens (tertiary/aromatic N) is 3. The van der Waals surface area contributed by atoms with Crippen molar-refractivity contribution in [3.8, 4) is 16.9 Å². The molecule has 2 aromatic carbocycles. The van der Waals surface area contributed by atoms with Gasteiger partial charge in [-0.25, -0.2) is 14.5 Å². The molecule has 1 amide bonds. The minimum absolute atomic E-state index is 0.204. The van der Waals surface area contributed by atoms with Crippen molar-refractivity contribution in [3.63, 3.8) is 0 Å². The predicted octanol–water partition coefficient (Wildman–Crippen LogP) is 5.33. The first-order valence-corrected chi connectivity index (χ1v) is 10.7. The first-order chi connectivity index (χ1) is 15.9. The number of carbonyl (C=O) groups is 2. The highest BCUT2D eigenvalue weighted by atomic mass is 35.5. The summed E-state index contributed by atoms with van der Waals surface area (Å²) in [6.07, 6.45) is 1.42. The van der Waals surface area contributed by atoms with Crippen LogP contribution in [-0.2, 0) is 4.74 Å². The van der Waals surface area contributed by atoms with Gasteiger partial charge in [0.25, 0.3) is 5.91 Å². The van der Waals surface area contributed by atoms with Gasteiger partial charge in [0.1, 0.15) is 5.15 Å². The molecule has 2 heterocycles. The van der Waals surface area contributed by atoms with Crippen LogP contribution in [0.5, 0.6) is 0 Å². The molecule has 0 aliphatic heterocycles. The molecule has 0 unspecified atom stereocenters. The van der Waals surface area contributed by atoms with E-state index in [-0.39, 0.29) is 18.2 Å². The van der Waals surface area contributed by atoms with Crippen molar-refractivity contribution in [1.82, 2.24) is 14.8 Å². The van der Waals surface area contributed by atoms with E-state index in [4.69, 9.17) is 16.3 Å². The summed E-state index contributed by atoms with van der Waals surface area (Å²) >= 11 is 5.80. The van der Waals surface area contributed by atoms with Crippen LogP contribution in [0.4, 0.5) is 5.69 Å². The Bertz CT molecular complexity index is 1320. The molecule has 166 valence electrons. The van der Waals surface area contributed by atoms with Crippen molar-refractivity contribution in [2.45, 2.75) is 13.8 Å². The van der Waals surface area contributed by atoms with Gasteiger partial charge >= 0.3 is 5.97 Å². The molecule has 2 aromatic heterocycles. The van der Waals surface area contributed by atoms with Gasteiger partial charge in [-0.15, -0.1) is 0 Å². The predicted molar refractivity (Wildman–Crippen MR) is 127 cm³/mol. The molecule has 0 aliphatic rings. The second-order valence-corrected chi connectivity index (χ2v) is 7.68. The molecule has 0 radical (unpaired) electrons. The minimum Gasteiger partial charge on any atom is -0.461 e. The Hall–Kier alpha value is -3.97. The molecule has 0 atom stereocenters. The van der Waals surface area contributed by atoms with Crippen LogP contribution in [0, 0.1) is 6.92 Å². The zero-order valence-corrected chi connectivity index (χ0v) is 18.8. The van der Waals surface area contributed by atoms with Gasteiger partial charge in [0.05, 0.1) is 23.6 Å². The van der Waals surface area contributed by atoms with Crippen LogP contribution in [0.25, 0.3) is 16.9 Å². The number of anilines is 1. The van der Waals surface area contributed by atoms with Gasteiger partial charge in [0, 0.05) is 17.4 Å². The number of pyridine rings is 1. The van der Waals surface area contributed by atoms with Crippen LogP contribution in [-0.4, -0.2) is 33.2 Å². The number of ether oxygens (including phenoxy) is 1. The molecule has 0 saturated carbocycles. The number of carbonyl (C=O) groups excluding carboxylic acids is 2. The second-order valence-electron chi connectivity index (χ2n) is 7.29. The van der Waals surface area contributed by atoms with E-state index in [2.05, 4.69) is 15.4 Å². The Balaban J connectivity index is 1.71. The molecule has 4 rings (SSSR count). The number of benzene rings is 2. The van der Waals surface area contributed by atoms with Gasteiger partial charge < -0.3 is 10.1 Å². The minimum atomic E-state index is -0.496. The van der Waals surface area contributed by atoms with Crippen molar-refractivity contribution in [3.05, 3.63) is 94.9 Å². The first-order valence-electron chi connectivity index (χ1n) is 10.3. The third-order valence-corrected chi connectivity index (χ3v) is 5.07. The van der Waals surface area contributed by atoms with Gasteiger partial charge in [-0.1, -0.05) is 35.9 Å². The van der Waals surface area contributed by atoms with Gasteiger partial charge in [-0.2, -0.15) is 5.10 Å². The quantitative estimate of drug-likeness (QED) is 0.310. The van der Waals surface area contributed by atoms with E-state index in [0.717, 1.165) is 16.8 Å². The van der Waals surface area contributed by atoms with Crippen LogP contribution in [0.2, 0.25) is 5.15 Å². The fraction of sp³-hybridized carbons (Fsp3) is 0.120. The van der Waals surface area contributed by atoms with Crippen molar-refractivity contribution >= 4 is 29.2 Å². The van der Waals surface area contributed by atoms with Gasteiger partial charge in [0.15, 0.2) is 5.69 Å². The van der Waals surface area contributed by atoms with Crippen LogP contribution in [0.15, 0.2) is 72.9 Å². The number of hydrogen-bond acceptors (Lipinski definition) is 5. The average molecular weight is 461 g/mol. The van der Waals surface area contributed by atoms with E-state index >= 15 is 0 Å². The summed E-state index contributed by atoms with van der Waals surface area (Å²) in [5.74, 6) is -0.805. The van der Waals surface area contributed by atoms with Crippen LogP contribution in [0.3, 0.4) is 0 Å². The lowest BCUT2D eigenvalue weighted by atomic mass is 10.1. The number of esters is 1. The number of nitrogens with one attached hydrogen (secondary N) is 1. The Morgan fingerprint density at radius 2 is 1.88 bits per heavy atom. The highest BCUT2D eigenvalue weighted by Gasteiger charge is 2.18. The first kappa shape index (κ1) is 22.2. The van der Waals surface area contributed by atoms with Crippen LogP contribution in [0.1, 0.15) is 33.3 Å². The number of aromatic nitrogens is 3. The molecule has 7 nitrogen and oxygen atoms in total. The van der Waals surface area contributed by atoms with Crippen molar-refractivity contribution in [1.29, 1.82) is 0 Å². The largest absolute Gasteiger partial charge is 0.461 e. The summed E-state index contributed by atoms with van der Waals surface area (Å²) in [6, 6.07) is 20.0. The van der Waals surface area contributed by atoms with E-state index in [1.165, 1.54) is 6.20 Å². The molecule has 4 aromatic rings. The second kappa shape index (κ2) is 9.67. The van der Waals surface area contributed by atoms with Crippen molar-refractivity contribution in [2.24, 2.45) is 0 Å². The fourth-order valence-electron chi connectivity index (χ4n) is 3.32. The Labute approximate surface area is 196 Å². The Morgan fingerprint density at radius 1 is 1.06 bits per heavy atom. The lowest BCUT2D eigenvalue weighted by Gasteiger charge is -2.10.